The molecule has 0 amide bonds. The molecule has 0 aromatic heterocycles. The molecule has 3 atom stereocenters. The van der Waals surface area contributed by atoms with Crippen molar-refractivity contribution in [3.8, 4) is 5.75 Å². The minimum atomic E-state index is 0.350. The molecule has 110 valence electrons. The Hall–Kier alpha value is -1.06. The van der Waals surface area contributed by atoms with Gasteiger partial charge in [0.1, 0.15) is 5.75 Å². The van der Waals surface area contributed by atoms with Gasteiger partial charge >= 0.3 is 0 Å². The van der Waals surface area contributed by atoms with Crippen LogP contribution in [0.2, 0.25) is 0 Å². The zero-order valence-electron chi connectivity index (χ0n) is 12.6. The summed E-state index contributed by atoms with van der Waals surface area (Å²) in [6.45, 7) is 6.15. The molecule has 1 saturated heterocycles. The summed E-state index contributed by atoms with van der Waals surface area (Å²) in [5.74, 6) is 1.06. The SMILES string of the molecule is CCC1CCC(C)N1C(CN)c1ccc2c(c1)CCO2. The maximum atomic E-state index is 6.14. The third-order valence-corrected chi connectivity index (χ3v) is 5.00. The summed E-state index contributed by atoms with van der Waals surface area (Å²) in [6, 6.07) is 8.32. The number of benzene rings is 1. The van der Waals surface area contributed by atoms with Gasteiger partial charge in [0.15, 0.2) is 0 Å². The molecule has 0 spiro atoms. The molecule has 2 heterocycles. The van der Waals surface area contributed by atoms with Crippen LogP contribution in [0.25, 0.3) is 0 Å². The number of likely N-dealkylation sites (tertiary alicyclic amines) is 1. The van der Waals surface area contributed by atoms with Gasteiger partial charge in [0.25, 0.3) is 0 Å². The average Bonchev–Trinajstić information content (AvgIpc) is 3.07. The monoisotopic (exact) mass is 274 g/mol. The number of fused-ring (bicyclic) bond motifs is 1. The summed E-state index contributed by atoms with van der Waals surface area (Å²) in [6.07, 6.45) is 4.85. The summed E-state index contributed by atoms with van der Waals surface area (Å²) in [7, 11) is 0. The molecular weight excluding hydrogens is 248 g/mol. The van der Waals surface area contributed by atoms with Crippen LogP contribution in [0.4, 0.5) is 0 Å². The highest BCUT2D eigenvalue weighted by Gasteiger charge is 2.35. The second-order valence-corrected chi connectivity index (χ2v) is 6.15. The van der Waals surface area contributed by atoms with E-state index in [9.17, 15) is 0 Å². The quantitative estimate of drug-likeness (QED) is 0.917. The fourth-order valence-corrected chi connectivity index (χ4v) is 3.91. The lowest BCUT2D eigenvalue weighted by Gasteiger charge is -2.36. The zero-order chi connectivity index (χ0) is 14.1. The zero-order valence-corrected chi connectivity index (χ0v) is 12.6. The van der Waals surface area contributed by atoms with E-state index in [1.54, 1.807) is 0 Å². The van der Waals surface area contributed by atoms with E-state index in [2.05, 4.69) is 36.9 Å². The van der Waals surface area contributed by atoms with E-state index < -0.39 is 0 Å². The molecule has 2 aliphatic heterocycles. The average molecular weight is 274 g/mol. The molecule has 3 heteroatoms. The van der Waals surface area contributed by atoms with Gasteiger partial charge in [-0.1, -0.05) is 19.1 Å². The van der Waals surface area contributed by atoms with Crippen molar-refractivity contribution < 1.29 is 4.74 Å². The second kappa shape index (κ2) is 5.74. The first kappa shape index (κ1) is 13.9. The van der Waals surface area contributed by atoms with Crippen LogP contribution in [-0.2, 0) is 6.42 Å². The fraction of sp³-hybridized carbons (Fsp3) is 0.647. The van der Waals surface area contributed by atoms with Crippen LogP contribution in [0, 0.1) is 0 Å². The van der Waals surface area contributed by atoms with Gasteiger partial charge in [0.05, 0.1) is 6.61 Å². The minimum Gasteiger partial charge on any atom is -0.493 e. The molecule has 2 aliphatic rings. The molecule has 1 aromatic rings. The first-order valence-corrected chi connectivity index (χ1v) is 7.97. The lowest BCUT2D eigenvalue weighted by Crippen LogP contribution is -2.41. The summed E-state index contributed by atoms with van der Waals surface area (Å²) >= 11 is 0. The molecule has 0 radical (unpaired) electrons. The van der Waals surface area contributed by atoms with E-state index in [0.717, 1.165) is 18.8 Å². The summed E-state index contributed by atoms with van der Waals surface area (Å²) in [4.78, 5) is 2.65. The van der Waals surface area contributed by atoms with E-state index in [1.165, 1.54) is 30.4 Å². The van der Waals surface area contributed by atoms with Crippen LogP contribution in [0.15, 0.2) is 18.2 Å². The lowest BCUT2D eigenvalue weighted by molar-refractivity contribution is 0.137. The van der Waals surface area contributed by atoms with Crippen molar-refractivity contribution in [2.45, 2.75) is 57.7 Å². The van der Waals surface area contributed by atoms with Crippen LogP contribution < -0.4 is 10.5 Å². The lowest BCUT2D eigenvalue weighted by atomic mass is 9.99. The molecule has 0 saturated carbocycles. The predicted molar refractivity (Wildman–Crippen MR) is 82.1 cm³/mol. The molecule has 0 bridgehead atoms. The number of rotatable bonds is 4. The second-order valence-electron chi connectivity index (χ2n) is 6.15. The van der Waals surface area contributed by atoms with Crippen LogP contribution in [-0.4, -0.2) is 30.1 Å². The Labute approximate surface area is 122 Å². The van der Waals surface area contributed by atoms with Crippen LogP contribution in [0.1, 0.15) is 50.3 Å². The first-order chi connectivity index (χ1) is 9.74. The summed E-state index contributed by atoms with van der Waals surface area (Å²) in [5.41, 5.74) is 8.85. The van der Waals surface area contributed by atoms with Gasteiger partial charge in [-0.15, -0.1) is 0 Å². The molecule has 1 fully saturated rings. The van der Waals surface area contributed by atoms with Gasteiger partial charge in [-0.05, 0) is 43.4 Å². The summed E-state index contributed by atoms with van der Waals surface area (Å²) < 4.78 is 5.61. The molecule has 2 N–H and O–H groups in total. The Balaban J connectivity index is 1.89. The topological polar surface area (TPSA) is 38.5 Å². The Kier molecular flexibility index (Phi) is 3.99. The van der Waals surface area contributed by atoms with Gasteiger partial charge in [-0.3, -0.25) is 4.90 Å². The number of ether oxygens (including phenoxy) is 1. The fourth-order valence-electron chi connectivity index (χ4n) is 3.91. The third-order valence-electron chi connectivity index (χ3n) is 5.00. The van der Waals surface area contributed by atoms with Crippen LogP contribution in [0.5, 0.6) is 5.75 Å². The molecule has 3 nitrogen and oxygen atoms in total. The van der Waals surface area contributed by atoms with Crippen molar-refractivity contribution in [3.05, 3.63) is 29.3 Å². The summed E-state index contributed by atoms with van der Waals surface area (Å²) in [5, 5.41) is 0. The Morgan fingerprint density at radius 2 is 2.25 bits per heavy atom. The van der Waals surface area contributed by atoms with Gasteiger partial charge < -0.3 is 10.5 Å². The number of hydrogen-bond donors (Lipinski definition) is 1. The van der Waals surface area contributed by atoms with Crippen molar-refractivity contribution in [1.82, 2.24) is 4.90 Å². The molecule has 0 aliphatic carbocycles. The smallest absolute Gasteiger partial charge is 0.122 e. The molecule has 3 unspecified atom stereocenters. The van der Waals surface area contributed by atoms with E-state index >= 15 is 0 Å². The van der Waals surface area contributed by atoms with Crippen molar-refractivity contribution in [2.24, 2.45) is 5.73 Å². The van der Waals surface area contributed by atoms with Crippen molar-refractivity contribution in [3.63, 3.8) is 0 Å². The van der Waals surface area contributed by atoms with E-state index in [4.69, 9.17) is 10.5 Å². The maximum Gasteiger partial charge on any atom is 0.122 e. The van der Waals surface area contributed by atoms with Crippen molar-refractivity contribution in [2.75, 3.05) is 13.2 Å². The Morgan fingerprint density at radius 1 is 1.40 bits per heavy atom. The standard InChI is InChI=1S/C17H26N2O/c1-3-15-6-4-12(2)19(15)16(11-18)13-5-7-17-14(10-13)8-9-20-17/h5,7,10,12,15-16H,3-4,6,8-9,11,18H2,1-2H3. The molecule has 1 aromatic carbocycles. The first-order valence-electron chi connectivity index (χ1n) is 7.97. The highest BCUT2D eigenvalue weighted by molar-refractivity contribution is 5.41. The third kappa shape index (κ3) is 2.33. The van der Waals surface area contributed by atoms with Crippen molar-refractivity contribution in [1.29, 1.82) is 0 Å². The largest absolute Gasteiger partial charge is 0.493 e. The normalized spacial score (nSPS) is 27.4. The van der Waals surface area contributed by atoms with Gasteiger partial charge in [-0.25, -0.2) is 0 Å². The van der Waals surface area contributed by atoms with Gasteiger partial charge in [0.2, 0.25) is 0 Å². The molecule has 3 rings (SSSR count). The highest BCUT2D eigenvalue weighted by atomic mass is 16.5. The molecular formula is C17H26N2O. The van der Waals surface area contributed by atoms with E-state index in [-0.39, 0.29) is 0 Å². The number of hydrogen-bond acceptors (Lipinski definition) is 3. The van der Waals surface area contributed by atoms with Gasteiger partial charge in [0, 0.05) is 31.1 Å². The highest BCUT2D eigenvalue weighted by Crippen LogP contribution is 2.36. The maximum absolute atomic E-state index is 6.14. The van der Waals surface area contributed by atoms with Crippen LogP contribution in [0.3, 0.4) is 0 Å². The van der Waals surface area contributed by atoms with E-state index in [0.29, 0.717) is 24.7 Å². The number of nitrogens with zero attached hydrogens (tertiary/aromatic N) is 1. The van der Waals surface area contributed by atoms with Gasteiger partial charge in [-0.2, -0.15) is 0 Å². The van der Waals surface area contributed by atoms with Crippen molar-refractivity contribution >= 4 is 0 Å². The Bertz CT molecular complexity index is 474. The molecule has 20 heavy (non-hydrogen) atoms. The van der Waals surface area contributed by atoms with E-state index in [1.807, 2.05) is 0 Å². The number of nitrogens with two attached hydrogens (primary N) is 1. The minimum absolute atomic E-state index is 0.350. The van der Waals surface area contributed by atoms with Crippen LogP contribution >= 0.6 is 0 Å². The Morgan fingerprint density at radius 3 is 3.00 bits per heavy atom. The predicted octanol–water partition coefficient (Wildman–Crippen LogP) is 2.88.